The minimum atomic E-state index is -0.518. The molecule has 1 N–H and O–H groups in total. The van der Waals surface area contributed by atoms with E-state index in [9.17, 15) is 14.4 Å². The molecule has 3 aromatic rings. The lowest BCUT2D eigenvalue weighted by atomic mass is 10.1. The van der Waals surface area contributed by atoms with E-state index >= 15 is 0 Å². The van der Waals surface area contributed by atoms with Gasteiger partial charge in [0, 0.05) is 36.3 Å². The van der Waals surface area contributed by atoms with Gasteiger partial charge < -0.3 is 24.3 Å². The Kier molecular flexibility index (Phi) is 7.36. The first-order valence-corrected chi connectivity index (χ1v) is 10.9. The van der Waals surface area contributed by atoms with Gasteiger partial charge in [0.2, 0.25) is 11.6 Å². The summed E-state index contributed by atoms with van der Waals surface area (Å²) in [5, 5.41) is 3.47. The van der Waals surface area contributed by atoms with Crippen molar-refractivity contribution in [3.63, 3.8) is 0 Å². The van der Waals surface area contributed by atoms with Crippen molar-refractivity contribution < 1.29 is 33.3 Å². The largest absolute Gasteiger partial charge is 0.493 e. The van der Waals surface area contributed by atoms with E-state index in [0.29, 0.717) is 47.0 Å². The molecule has 1 heterocycles. The molecule has 0 unspecified atom stereocenters. The van der Waals surface area contributed by atoms with E-state index in [4.69, 9.17) is 18.9 Å². The predicted octanol–water partition coefficient (Wildman–Crippen LogP) is 3.28. The Morgan fingerprint density at radius 2 is 1.81 bits per heavy atom. The number of nitrogens with zero attached hydrogens (tertiary/aromatic N) is 2. The summed E-state index contributed by atoms with van der Waals surface area (Å²) in [5.74, 6) is 0.208. The molecule has 10 heteroatoms. The van der Waals surface area contributed by atoms with Crippen molar-refractivity contribution in [1.82, 2.24) is 9.97 Å². The molecule has 0 bridgehead atoms. The van der Waals surface area contributed by atoms with Crippen LogP contribution in [0.1, 0.15) is 17.3 Å². The Bertz CT molecular complexity index is 1410. The molecule has 4 rings (SSSR count). The van der Waals surface area contributed by atoms with Crippen molar-refractivity contribution in [1.29, 1.82) is 0 Å². The van der Waals surface area contributed by atoms with Gasteiger partial charge in [-0.1, -0.05) is 12.1 Å². The summed E-state index contributed by atoms with van der Waals surface area (Å²) in [6.07, 6.45) is 3.56. The van der Waals surface area contributed by atoms with E-state index < -0.39 is 11.6 Å². The average molecular weight is 489 g/mol. The maximum atomic E-state index is 12.8. The number of ketones is 3. The molecule has 36 heavy (non-hydrogen) atoms. The highest BCUT2D eigenvalue weighted by molar-refractivity contribution is 6.20. The molecule has 0 fully saturated rings. The van der Waals surface area contributed by atoms with Crippen LogP contribution in [0.4, 0.5) is 5.82 Å². The van der Waals surface area contributed by atoms with Crippen LogP contribution >= 0.6 is 0 Å². The van der Waals surface area contributed by atoms with Gasteiger partial charge in [0.25, 0.3) is 0 Å². The number of methoxy groups -OCH3 is 2. The van der Waals surface area contributed by atoms with Crippen LogP contribution < -0.4 is 19.5 Å². The first kappa shape index (κ1) is 24.6. The van der Waals surface area contributed by atoms with Gasteiger partial charge in [-0.2, -0.15) is 0 Å². The van der Waals surface area contributed by atoms with E-state index in [1.54, 1.807) is 37.4 Å². The number of hydrogen-bond donors (Lipinski definition) is 1. The van der Waals surface area contributed by atoms with E-state index in [2.05, 4.69) is 15.3 Å². The number of carbonyl (C=O) groups excluding carboxylic acids is 3. The van der Waals surface area contributed by atoms with Crippen LogP contribution in [-0.4, -0.2) is 54.8 Å². The second-order valence-corrected chi connectivity index (χ2v) is 7.69. The molecular weight excluding hydrogens is 466 g/mol. The molecule has 0 spiro atoms. The van der Waals surface area contributed by atoms with Crippen LogP contribution in [-0.2, 0) is 14.3 Å². The smallest absolute Gasteiger partial charge is 0.223 e. The number of anilines is 1. The third-order valence-electron chi connectivity index (χ3n) is 5.23. The molecule has 184 valence electrons. The van der Waals surface area contributed by atoms with Gasteiger partial charge in [0.15, 0.2) is 23.0 Å². The number of allylic oxidation sites excluding steroid dienone is 2. The molecule has 1 aromatic heterocycles. The third-order valence-corrected chi connectivity index (χ3v) is 5.23. The van der Waals surface area contributed by atoms with Gasteiger partial charge in [0.1, 0.15) is 24.5 Å². The van der Waals surface area contributed by atoms with Crippen molar-refractivity contribution >= 4 is 34.1 Å². The molecule has 0 saturated heterocycles. The second kappa shape index (κ2) is 10.8. The molecule has 0 radical (unpaired) electrons. The number of Topliss-reactive ketones (excluding diaryl/α,β-unsaturated/α-hetero) is 1. The molecule has 2 aromatic carbocycles. The van der Waals surface area contributed by atoms with Gasteiger partial charge in [-0.3, -0.25) is 14.4 Å². The Morgan fingerprint density at radius 3 is 2.56 bits per heavy atom. The fraction of sp³-hybridized carbons (Fsp3) is 0.192. The number of benzene rings is 2. The summed E-state index contributed by atoms with van der Waals surface area (Å²) in [7, 11) is 3.08. The fourth-order valence-corrected chi connectivity index (χ4v) is 3.42. The number of carbonyl (C=O) groups is 3. The van der Waals surface area contributed by atoms with E-state index in [1.807, 2.05) is 0 Å². The summed E-state index contributed by atoms with van der Waals surface area (Å²) in [5.41, 5.74) is 0.990. The SMILES string of the molecule is COCCOc1cc2ncnc(NC3=CC(=O)C(Oc4cccc(C(C)=O)c4)=CC3=O)c2cc1OC. The Morgan fingerprint density at radius 1 is 0.972 bits per heavy atom. The topological polar surface area (TPSA) is 126 Å². The normalized spacial score (nSPS) is 13.2. The highest BCUT2D eigenvalue weighted by atomic mass is 16.5. The molecule has 0 saturated carbocycles. The molecule has 10 nitrogen and oxygen atoms in total. The minimum absolute atomic E-state index is 0.0178. The van der Waals surface area contributed by atoms with Gasteiger partial charge >= 0.3 is 0 Å². The number of hydrogen-bond acceptors (Lipinski definition) is 10. The van der Waals surface area contributed by atoms with Gasteiger partial charge in [-0.15, -0.1) is 0 Å². The zero-order chi connectivity index (χ0) is 25.7. The standard InChI is InChI=1S/C26H23N3O7/c1-15(30)16-5-4-6-17(9-16)36-23-13-21(31)20(11-22(23)32)29-26-18-10-24(34-3)25(35-8-7-33-2)12-19(18)27-14-28-26/h4-6,9-14H,7-8H2,1-3H3,(H,27,28,29). The van der Waals surface area contributed by atoms with Crippen molar-refractivity contribution in [2.75, 3.05) is 32.8 Å². The zero-order valence-electron chi connectivity index (χ0n) is 19.9. The Balaban J connectivity index is 1.56. The lowest BCUT2D eigenvalue weighted by Crippen LogP contribution is -2.21. The lowest BCUT2D eigenvalue weighted by molar-refractivity contribution is -0.116. The van der Waals surface area contributed by atoms with Gasteiger partial charge in [0.05, 0.1) is 24.9 Å². The van der Waals surface area contributed by atoms with Crippen molar-refractivity contribution in [2.45, 2.75) is 6.92 Å². The van der Waals surface area contributed by atoms with Crippen LogP contribution in [0.15, 0.2) is 66.3 Å². The highest BCUT2D eigenvalue weighted by Crippen LogP contribution is 2.34. The maximum absolute atomic E-state index is 12.8. The fourth-order valence-electron chi connectivity index (χ4n) is 3.42. The number of fused-ring (bicyclic) bond motifs is 1. The van der Waals surface area contributed by atoms with Crippen molar-refractivity contribution in [3.05, 3.63) is 71.9 Å². The molecule has 0 amide bonds. The Hall–Kier alpha value is -4.57. The van der Waals surface area contributed by atoms with Crippen LogP contribution in [0.2, 0.25) is 0 Å². The molecule has 1 aliphatic carbocycles. The van der Waals surface area contributed by atoms with Crippen molar-refractivity contribution in [2.24, 2.45) is 0 Å². The van der Waals surface area contributed by atoms with E-state index in [-0.39, 0.29) is 23.0 Å². The second-order valence-electron chi connectivity index (χ2n) is 7.69. The number of aromatic nitrogens is 2. The zero-order valence-corrected chi connectivity index (χ0v) is 19.9. The molecule has 0 aliphatic heterocycles. The first-order valence-electron chi connectivity index (χ1n) is 10.9. The monoisotopic (exact) mass is 489 g/mol. The van der Waals surface area contributed by atoms with Crippen LogP contribution in [0.3, 0.4) is 0 Å². The average Bonchev–Trinajstić information content (AvgIpc) is 2.87. The van der Waals surface area contributed by atoms with E-state index in [1.165, 1.54) is 26.4 Å². The number of nitrogens with one attached hydrogen (secondary N) is 1. The summed E-state index contributed by atoms with van der Waals surface area (Å²) in [4.78, 5) is 45.6. The number of rotatable bonds is 10. The number of ether oxygens (including phenoxy) is 4. The summed E-state index contributed by atoms with van der Waals surface area (Å²) >= 11 is 0. The summed E-state index contributed by atoms with van der Waals surface area (Å²) < 4.78 is 21.7. The molecule has 1 aliphatic rings. The van der Waals surface area contributed by atoms with Gasteiger partial charge in [-0.05, 0) is 25.1 Å². The maximum Gasteiger partial charge on any atom is 0.223 e. The van der Waals surface area contributed by atoms with Gasteiger partial charge in [-0.25, -0.2) is 9.97 Å². The summed E-state index contributed by atoms with van der Waals surface area (Å²) in [6.45, 7) is 2.16. The quantitative estimate of drug-likeness (QED) is 0.258. The third kappa shape index (κ3) is 5.39. The first-order chi connectivity index (χ1) is 17.4. The minimum Gasteiger partial charge on any atom is -0.493 e. The van der Waals surface area contributed by atoms with E-state index in [0.717, 1.165) is 12.2 Å². The summed E-state index contributed by atoms with van der Waals surface area (Å²) in [6, 6.07) is 9.74. The Labute approximate surface area is 206 Å². The lowest BCUT2D eigenvalue weighted by Gasteiger charge is -2.16. The van der Waals surface area contributed by atoms with Crippen molar-refractivity contribution in [3.8, 4) is 17.2 Å². The molecular formula is C26H23N3O7. The van der Waals surface area contributed by atoms with Crippen LogP contribution in [0, 0.1) is 0 Å². The highest BCUT2D eigenvalue weighted by Gasteiger charge is 2.24. The van der Waals surface area contributed by atoms with Crippen LogP contribution in [0.5, 0.6) is 17.2 Å². The van der Waals surface area contributed by atoms with Crippen LogP contribution in [0.25, 0.3) is 10.9 Å². The predicted molar refractivity (Wildman–Crippen MR) is 130 cm³/mol. The molecule has 0 atom stereocenters.